The Morgan fingerprint density at radius 3 is 2.36 bits per heavy atom. The Morgan fingerprint density at radius 1 is 0.861 bits per heavy atom. The Morgan fingerprint density at radius 2 is 1.58 bits per heavy atom. The highest BCUT2D eigenvalue weighted by molar-refractivity contribution is 6.53. The summed E-state index contributed by atoms with van der Waals surface area (Å²) in [6.07, 6.45) is 0. The van der Waals surface area contributed by atoms with Gasteiger partial charge in [0.25, 0.3) is 17.7 Å². The first kappa shape index (κ1) is 23.1. The van der Waals surface area contributed by atoms with Crippen LogP contribution in [0.3, 0.4) is 0 Å². The minimum absolute atomic E-state index is 0.0657. The van der Waals surface area contributed by atoms with Crippen LogP contribution in [0.4, 0.5) is 17.1 Å². The molecule has 1 aliphatic heterocycles. The van der Waals surface area contributed by atoms with E-state index >= 15 is 0 Å². The molecule has 3 amide bonds. The quantitative estimate of drug-likeness (QED) is 0.342. The molecule has 36 heavy (non-hydrogen) atoms. The van der Waals surface area contributed by atoms with Gasteiger partial charge in [-0.3, -0.25) is 14.4 Å². The standard InChI is InChI=1S/C28H20ClN3O4/c1-36-21-14-12-20(13-15-21)32-27(34)24(29)25(28(32)35)30-19-9-4-8-18(16-19)26(33)31-23-11-5-7-17-6-2-3-10-22(17)23/h2-16,30H,1H3,(H,31,33). The summed E-state index contributed by atoms with van der Waals surface area (Å²) in [5.41, 5.74) is 1.79. The summed E-state index contributed by atoms with van der Waals surface area (Å²) in [6.45, 7) is 0. The summed E-state index contributed by atoms with van der Waals surface area (Å²) in [5, 5.41) is 7.55. The summed E-state index contributed by atoms with van der Waals surface area (Å²) in [6, 6.07) is 26.5. The van der Waals surface area contributed by atoms with Gasteiger partial charge in [0.05, 0.1) is 12.8 Å². The average molecular weight is 498 g/mol. The van der Waals surface area contributed by atoms with Gasteiger partial charge in [0.1, 0.15) is 16.5 Å². The van der Waals surface area contributed by atoms with Crippen molar-refractivity contribution in [3.63, 3.8) is 0 Å². The maximum absolute atomic E-state index is 13.1. The molecule has 5 rings (SSSR count). The van der Waals surface area contributed by atoms with Crippen LogP contribution in [0.25, 0.3) is 10.8 Å². The summed E-state index contributed by atoms with van der Waals surface area (Å²) in [4.78, 5) is 39.8. The first-order valence-electron chi connectivity index (χ1n) is 11.0. The molecule has 2 N–H and O–H groups in total. The van der Waals surface area contributed by atoms with Crippen molar-refractivity contribution in [1.82, 2.24) is 0 Å². The smallest absolute Gasteiger partial charge is 0.283 e. The fourth-order valence-corrected chi connectivity index (χ4v) is 4.20. The number of fused-ring (bicyclic) bond motifs is 1. The lowest BCUT2D eigenvalue weighted by Gasteiger charge is -2.15. The number of carbonyl (C=O) groups excluding carboxylic acids is 3. The number of ether oxygens (including phenoxy) is 1. The zero-order valence-electron chi connectivity index (χ0n) is 19.1. The van der Waals surface area contributed by atoms with Gasteiger partial charge in [-0.05, 0) is 53.9 Å². The summed E-state index contributed by atoms with van der Waals surface area (Å²) < 4.78 is 5.13. The fourth-order valence-electron chi connectivity index (χ4n) is 3.99. The van der Waals surface area contributed by atoms with E-state index in [1.54, 1.807) is 48.5 Å². The number of anilines is 3. The lowest BCUT2D eigenvalue weighted by atomic mass is 10.1. The maximum atomic E-state index is 13.1. The van der Waals surface area contributed by atoms with Crippen molar-refractivity contribution in [2.45, 2.75) is 0 Å². The molecule has 8 heteroatoms. The third-order valence-corrected chi connectivity index (χ3v) is 6.14. The minimum atomic E-state index is -0.640. The molecule has 0 unspecified atom stereocenters. The molecule has 0 aliphatic carbocycles. The van der Waals surface area contributed by atoms with E-state index in [2.05, 4.69) is 10.6 Å². The van der Waals surface area contributed by atoms with Gasteiger partial charge in [0.15, 0.2) is 0 Å². The van der Waals surface area contributed by atoms with Crippen LogP contribution in [-0.4, -0.2) is 24.8 Å². The molecule has 0 saturated carbocycles. The van der Waals surface area contributed by atoms with Crippen molar-refractivity contribution in [3.8, 4) is 5.75 Å². The fraction of sp³-hybridized carbons (Fsp3) is 0.0357. The van der Waals surface area contributed by atoms with Crippen molar-refractivity contribution in [1.29, 1.82) is 0 Å². The van der Waals surface area contributed by atoms with Crippen molar-refractivity contribution < 1.29 is 19.1 Å². The first-order valence-corrected chi connectivity index (χ1v) is 11.4. The number of amides is 3. The number of hydrogen-bond donors (Lipinski definition) is 2. The Balaban J connectivity index is 1.36. The molecule has 7 nitrogen and oxygen atoms in total. The van der Waals surface area contributed by atoms with Gasteiger partial charge in [-0.25, -0.2) is 4.90 Å². The van der Waals surface area contributed by atoms with E-state index in [0.29, 0.717) is 28.4 Å². The maximum Gasteiger partial charge on any atom is 0.283 e. The molecule has 0 bridgehead atoms. The number of methoxy groups -OCH3 is 1. The van der Waals surface area contributed by atoms with Crippen molar-refractivity contribution in [3.05, 3.63) is 107 Å². The Labute approximate surface area is 211 Å². The number of carbonyl (C=O) groups is 3. The number of nitrogens with zero attached hydrogens (tertiary/aromatic N) is 1. The second-order valence-electron chi connectivity index (χ2n) is 8.02. The number of rotatable bonds is 6. The second kappa shape index (κ2) is 9.56. The molecule has 0 spiro atoms. The Hall–Kier alpha value is -4.62. The summed E-state index contributed by atoms with van der Waals surface area (Å²) in [5.74, 6) is -0.961. The molecule has 178 valence electrons. The van der Waals surface area contributed by atoms with E-state index in [0.717, 1.165) is 15.7 Å². The van der Waals surface area contributed by atoms with Crippen LogP contribution < -0.4 is 20.3 Å². The van der Waals surface area contributed by atoms with Crippen molar-refractivity contribution in [2.24, 2.45) is 0 Å². The van der Waals surface area contributed by atoms with E-state index in [9.17, 15) is 14.4 Å². The van der Waals surface area contributed by atoms with Crippen LogP contribution in [0, 0.1) is 0 Å². The third kappa shape index (κ3) is 4.28. The number of hydrogen-bond acceptors (Lipinski definition) is 5. The highest BCUT2D eigenvalue weighted by atomic mass is 35.5. The Bertz CT molecular complexity index is 1540. The minimum Gasteiger partial charge on any atom is -0.497 e. The normalized spacial score (nSPS) is 13.3. The summed E-state index contributed by atoms with van der Waals surface area (Å²) >= 11 is 6.24. The third-order valence-electron chi connectivity index (χ3n) is 5.79. The molecule has 1 heterocycles. The van der Waals surface area contributed by atoms with Gasteiger partial charge in [-0.1, -0.05) is 54.1 Å². The monoisotopic (exact) mass is 497 g/mol. The van der Waals surface area contributed by atoms with Gasteiger partial charge in [-0.2, -0.15) is 0 Å². The van der Waals surface area contributed by atoms with Crippen molar-refractivity contribution in [2.75, 3.05) is 22.6 Å². The van der Waals surface area contributed by atoms with E-state index in [-0.39, 0.29) is 16.6 Å². The molecule has 0 aromatic heterocycles. The molecular formula is C28H20ClN3O4. The number of imide groups is 1. The molecule has 1 aliphatic rings. The highest BCUT2D eigenvalue weighted by Crippen LogP contribution is 2.31. The predicted octanol–water partition coefficient (Wildman–Crippen LogP) is 5.54. The first-order chi connectivity index (χ1) is 17.5. The van der Waals surface area contributed by atoms with E-state index in [4.69, 9.17) is 16.3 Å². The lowest BCUT2D eigenvalue weighted by Crippen LogP contribution is -2.32. The average Bonchev–Trinajstić information content (AvgIpc) is 3.12. The molecule has 4 aromatic carbocycles. The zero-order chi connectivity index (χ0) is 25.2. The lowest BCUT2D eigenvalue weighted by molar-refractivity contribution is -0.120. The molecular weight excluding hydrogens is 478 g/mol. The van der Waals surface area contributed by atoms with Gasteiger partial charge in [-0.15, -0.1) is 0 Å². The summed E-state index contributed by atoms with van der Waals surface area (Å²) in [7, 11) is 1.53. The molecule has 0 fully saturated rings. The second-order valence-corrected chi connectivity index (χ2v) is 8.40. The number of nitrogens with one attached hydrogen (secondary N) is 2. The van der Waals surface area contributed by atoms with Gasteiger partial charge < -0.3 is 15.4 Å². The SMILES string of the molecule is COc1ccc(N2C(=O)C(Cl)=C(Nc3cccc(C(=O)Nc4cccc5ccccc45)c3)C2=O)cc1. The van der Waals surface area contributed by atoms with E-state index in [1.165, 1.54) is 7.11 Å². The van der Waals surface area contributed by atoms with Crippen LogP contribution in [-0.2, 0) is 9.59 Å². The van der Waals surface area contributed by atoms with Gasteiger partial charge in [0.2, 0.25) is 0 Å². The van der Waals surface area contributed by atoms with E-state index < -0.39 is 11.8 Å². The van der Waals surface area contributed by atoms with Crippen LogP contribution in [0.1, 0.15) is 10.4 Å². The number of halogens is 1. The van der Waals surface area contributed by atoms with Gasteiger partial charge in [0, 0.05) is 22.3 Å². The molecule has 0 saturated heterocycles. The zero-order valence-corrected chi connectivity index (χ0v) is 19.9. The predicted molar refractivity (Wildman–Crippen MR) is 140 cm³/mol. The molecule has 0 atom stereocenters. The molecule has 0 radical (unpaired) electrons. The van der Waals surface area contributed by atoms with Gasteiger partial charge >= 0.3 is 0 Å². The van der Waals surface area contributed by atoms with Crippen molar-refractivity contribution >= 4 is 57.2 Å². The largest absolute Gasteiger partial charge is 0.497 e. The number of benzene rings is 4. The van der Waals surface area contributed by atoms with Crippen LogP contribution in [0.2, 0.25) is 0 Å². The van der Waals surface area contributed by atoms with Crippen LogP contribution in [0.15, 0.2) is 102 Å². The Kier molecular flexibility index (Phi) is 6.14. The highest BCUT2D eigenvalue weighted by Gasteiger charge is 2.39. The molecule has 4 aromatic rings. The van der Waals surface area contributed by atoms with Crippen LogP contribution in [0.5, 0.6) is 5.75 Å². The topological polar surface area (TPSA) is 87.7 Å². The van der Waals surface area contributed by atoms with E-state index in [1.807, 2.05) is 42.5 Å². The van der Waals surface area contributed by atoms with Crippen LogP contribution >= 0.6 is 11.6 Å².